The van der Waals surface area contributed by atoms with Crippen molar-refractivity contribution in [1.29, 1.82) is 0 Å². The average molecular weight is 489 g/mol. The predicted molar refractivity (Wildman–Crippen MR) is 140 cm³/mol. The Morgan fingerprint density at radius 2 is 1.65 bits per heavy atom. The summed E-state index contributed by atoms with van der Waals surface area (Å²) in [6, 6.07) is 15.1. The Hall–Kier alpha value is -1.79. The van der Waals surface area contributed by atoms with Crippen molar-refractivity contribution in [2.24, 2.45) is 0 Å². The van der Waals surface area contributed by atoms with Crippen LogP contribution in [0.5, 0.6) is 11.5 Å². The van der Waals surface area contributed by atoms with E-state index in [1.54, 1.807) is 0 Å². The highest BCUT2D eigenvalue weighted by molar-refractivity contribution is 6.32. The molecule has 1 heterocycles. The second-order valence-electron chi connectivity index (χ2n) is 10.1. The lowest BCUT2D eigenvalue weighted by molar-refractivity contribution is -0.0537. The molecule has 188 valence electrons. The molecule has 1 aliphatic heterocycles. The Morgan fingerprint density at radius 1 is 1.00 bits per heavy atom. The van der Waals surface area contributed by atoms with Gasteiger partial charge >= 0.3 is 0 Å². The van der Waals surface area contributed by atoms with Crippen LogP contribution in [0.4, 0.5) is 0 Å². The Bertz CT molecular complexity index is 885. The number of rotatable bonds is 11. The molecule has 0 aromatic heterocycles. The molecule has 0 spiro atoms. The number of likely N-dealkylation sites (tertiary alicyclic amines) is 1. The zero-order chi connectivity index (χ0) is 24.7. The molecule has 0 atom stereocenters. The van der Waals surface area contributed by atoms with E-state index in [2.05, 4.69) is 61.8 Å². The molecular weight excluding hydrogens is 448 g/mol. The zero-order valence-electron chi connectivity index (χ0n) is 21.4. The molecule has 6 heteroatoms. The van der Waals surface area contributed by atoms with Gasteiger partial charge in [0.2, 0.25) is 0 Å². The Kier molecular flexibility index (Phi) is 9.66. The minimum atomic E-state index is -0.818. The van der Waals surface area contributed by atoms with Crippen LogP contribution in [0, 0.1) is 6.92 Å². The van der Waals surface area contributed by atoms with Crippen molar-refractivity contribution in [3.8, 4) is 11.5 Å². The Morgan fingerprint density at radius 3 is 2.26 bits per heavy atom. The van der Waals surface area contributed by atoms with Gasteiger partial charge in [-0.25, -0.2) is 0 Å². The second kappa shape index (κ2) is 12.3. The maximum Gasteiger partial charge on any atom is 0.138 e. The first-order valence-electron chi connectivity index (χ1n) is 12.5. The van der Waals surface area contributed by atoms with Gasteiger partial charge in [0.25, 0.3) is 0 Å². The summed E-state index contributed by atoms with van der Waals surface area (Å²) in [5.74, 6) is 1.55. The monoisotopic (exact) mass is 488 g/mol. The van der Waals surface area contributed by atoms with Crippen LogP contribution in [0.1, 0.15) is 51.7 Å². The smallest absolute Gasteiger partial charge is 0.138 e. The summed E-state index contributed by atoms with van der Waals surface area (Å²) in [6.45, 7) is 15.3. The lowest BCUT2D eigenvalue weighted by Crippen LogP contribution is -2.47. The Labute approximate surface area is 210 Å². The number of aliphatic hydroxyl groups is 1. The molecule has 0 radical (unpaired) electrons. The SMILES string of the molecule is Cc1ccc(Cl)c(OCC2(O)CCN(Cc3ccc(OCCN(C(C)C)C(C)C)cc3)CC2)c1. The molecule has 2 aromatic carbocycles. The minimum Gasteiger partial charge on any atom is -0.492 e. The van der Waals surface area contributed by atoms with Crippen LogP contribution in [0.3, 0.4) is 0 Å². The van der Waals surface area contributed by atoms with E-state index in [-0.39, 0.29) is 6.61 Å². The molecule has 0 aliphatic carbocycles. The van der Waals surface area contributed by atoms with Crippen molar-refractivity contribution in [3.05, 3.63) is 58.6 Å². The van der Waals surface area contributed by atoms with Crippen LogP contribution < -0.4 is 9.47 Å². The summed E-state index contributed by atoms with van der Waals surface area (Å²) in [5, 5.41) is 11.6. The van der Waals surface area contributed by atoms with Crippen molar-refractivity contribution >= 4 is 11.6 Å². The number of aryl methyl sites for hydroxylation is 1. The summed E-state index contributed by atoms with van der Waals surface area (Å²) in [4.78, 5) is 4.82. The van der Waals surface area contributed by atoms with E-state index in [0.29, 0.717) is 42.3 Å². The first kappa shape index (κ1) is 26.8. The van der Waals surface area contributed by atoms with Gasteiger partial charge in [-0.15, -0.1) is 0 Å². The first-order chi connectivity index (χ1) is 16.1. The summed E-state index contributed by atoms with van der Waals surface area (Å²) >= 11 is 6.22. The quantitative estimate of drug-likeness (QED) is 0.449. The fourth-order valence-electron chi connectivity index (χ4n) is 4.54. The van der Waals surface area contributed by atoms with Crippen LogP contribution in [0.25, 0.3) is 0 Å². The molecule has 5 nitrogen and oxygen atoms in total. The fourth-order valence-corrected chi connectivity index (χ4v) is 4.71. The standard InChI is InChI=1S/C28H41ClN2O3/c1-21(2)31(22(3)4)16-17-33-25-9-7-24(8-10-25)19-30-14-12-28(32,13-15-30)20-34-27-18-23(5)6-11-26(27)29/h6-11,18,21-22,32H,12-17,19-20H2,1-5H3. The van der Waals surface area contributed by atoms with Gasteiger partial charge in [0.15, 0.2) is 0 Å². The molecule has 1 N–H and O–H groups in total. The van der Waals surface area contributed by atoms with Gasteiger partial charge in [0.1, 0.15) is 30.3 Å². The minimum absolute atomic E-state index is 0.265. The number of nitrogens with zero attached hydrogens (tertiary/aromatic N) is 2. The number of hydrogen-bond donors (Lipinski definition) is 1. The summed E-state index contributed by atoms with van der Waals surface area (Å²) in [7, 11) is 0. The maximum atomic E-state index is 11.0. The number of piperidine rings is 1. The first-order valence-corrected chi connectivity index (χ1v) is 12.8. The Balaban J connectivity index is 1.42. The fraction of sp³-hybridized carbons (Fsp3) is 0.571. The summed E-state index contributed by atoms with van der Waals surface area (Å²) in [5.41, 5.74) is 1.53. The molecule has 2 aromatic rings. The summed E-state index contributed by atoms with van der Waals surface area (Å²) in [6.07, 6.45) is 1.36. The van der Waals surface area contributed by atoms with Gasteiger partial charge < -0.3 is 14.6 Å². The molecule has 1 saturated heterocycles. The zero-order valence-corrected chi connectivity index (χ0v) is 22.1. The lowest BCUT2D eigenvalue weighted by Gasteiger charge is -2.38. The van der Waals surface area contributed by atoms with Crippen LogP contribution in [-0.2, 0) is 6.54 Å². The van der Waals surface area contributed by atoms with E-state index < -0.39 is 5.60 Å². The van der Waals surface area contributed by atoms with E-state index in [4.69, 9.17) is 21.1 Å². The molecule has 34 heavy (non-hydrogen) atoms. The highest BCUT2D eigenvalue weighted by Gasteiger charge is 2.33. The van der Waals surface area contributed by atoms with Crippen molar-refractivity contribution in [2.45, 2.75) is 71.7 Å². The number of benzene rings is 2. The van der Waals surface area contributed by atoms with Gasteiger partial charge in [-0.1, -0.05) is 29.8 Å². The molecular formula is C28H41ClN2O3. The van der Waals surface area contributed by atoms with Crippen molar-refractivity contribution < 1.29 is 14.6 Å². The van der Waals surface area contributed by atoms with E-state index in [0.717, 1.165) is 37.5 Å². The van der Waals surface area contributed by atoms with Gasteiger partial charge in [-0.05, 0) is 82.9 Å². The topological polar surface area (TPSA) is 45.2 Å². The summed E-state index contributed by atoms with van der Waals surface area (Å²) < 4.78 is 11.9. The van der Waals surface area contributed by atoms with Gasteiger partial charge in [0.05, 0.1) is 5.02 Å². The molecule has 1 aliphatic rings. The molecule has 0 bridgehead atoms. The van der Waals surface area contributed by atoms with Crippen molar-refractivity contribution in [2.75, 3.05) is 32.8 Å². The molecule has 3 rings (SSSR count). The van der Waals surface area contributed by atoms with Crippen LogP contribution in [-0.4, -0.2) is 65.4 Å². The molecule has 0 unspecified atom stereocenters. The van der Waals surface area contributed by atoms with Crippen molar-refractivity contribution in [3.63, 3.8) is 0 Å². The number of ether oxygens (including phenoxy) is 2. The molecule has 0 saturated carbocycles. The van der Waals surface area contributed by atoms with Crippen LogP contribution in [0.15, 0.2) is 42.5 Å². The van der Waals surface area contributed by atoms with Gasteiger partial charge in [-0.3, -0.25) is 9.80 Å². The van der Waals surface area contributed by atoms with Gasteiger partial charge in [0, 0.05) is 38.3 Å². The molecule has 0 amide bonds. The van der Waals surface area contributed by atoms with E-state index >= 15 is 0 Å². The number of hydrogen-bond acceptors (Lipinski definition) is 5. The maximum absolute atomic E-state index is 11.0. The van der Waals surface area contributed by atoms with E-state index in [9.17, 15) is 5.11 Å². The predicted octanol–water partition coefficient (Wildman–Crippen LogP) is 5.55. The largest absolute Gasteiger partial charge is 0.492 e. The van der Waals surface area contributed by atoms with Crippen LogP contribution in [0.2, 0.25) is 5.02 Å². The third-order valence-corrected chi connectivity index (χ3v) is 6.96. The highest BCUT2D eigenvalue weighted by Crippen LogP contribution is 2.29. The van der Waals surface area contributed by atoms with E-state index in [1.807, 2.05) is 25.1 Å². The third-order valence-electron chi connectivity index (χ3n) is 6.64. The van der Waals surface area contributed by atoms with E-state index in [1.165, 1.54) is 5.56 Å². The third kappa shape index (κ3) is 7.88. The lowest BCUT2D eigenvalue weighted by atomic mass is 9.92. The van der Waals surface area contributed by atoms with Crippen molar-refractivity contribution in [1.82, 2.24) is 9.80 Å². The second-order valence-corrected chi connectivity index (χ2v) is 10.5. The number of halogens is 1. The average Bonchev–Trinajstić information content (AvgIpc) is 2.79. The van der Waals surface area contributed by atoms with Crippen LogP contribution >= 0.6 is 11.6 Å². The highest BCUT2D eigenvalue weighted by atomic mass is 35.5. The molecule has 1 fully saturated rings. The van der Waals surface area contributed by atoms with Gasteiger partial charge in [-0.2, -0.15) is 0 Å². The normalized spacial score (nSPS) is 16.4.